The van der Waals surface area contributed by atoms with Crippen molar-refractivity contribution in [2.24, 2.45) is 5.41 Å². The van der Waals surface area contributed by atoms with Crippen molar-refractivity contribution in [1.29, 1.82) is 5.41 Å². The van der Waals surface area contributed by atoms with E-state index in [1.165, 1.54) is 44.9 Å². The molecule has 1 aliphatic carbocycles. The Morgan fingerprint density at radius 3 is 2.07 bits per heavy atom. The van der Waals surface area contributed by atoms with Crippen molar-refractivity contribution in [3.05, 3.63) is 0 Å². The highest BCUT2D eigenvalue weighted by Crippen LogP contribution is 2.44. The fourth-order valence-corrected chi connectivity index (χ4v) is 3.12. The van der Waals surface area contributed by atoms with Gasteiger partial charge in [-0.05, 0) is 38.0 Å². The van der Waals surface area contributed by atoms with Crippen LogP contribution in [0, 0.1) is 10.8 Å². The van der Waals surface area contributed by atoms with Gasteiger partial charge in [-0.15, -0.1) is 0 Å². The van der Waals surface area contributed by atoms with Gasteiger partial charge in [0.15, 0.2) is 0 Å². The topological polar surface area (TPSA) is 27.1 Å². The van der Waals surface area contributed by atoms with E-state index in [-0.39, 0.29) is 0 Å². The van der Waals surface area contributed by atoms with Gasteiger partial charge in [-0.2, -0.15) is 0 Å². The summed E-state index contributed by atoms with van der Waals surface area (Å²) in [5, 5.41) is 7.62. The number of nitrogens with one attached hydrogen (secondary N) is 1. The number of hydrogen-bond donors (Lipinski definition) is 1. The molecule has 0 aromatic carbocycles. The van der Waals surface area contributed by atoms with Crippen LogP contribution in [0.1, 0.15) is 51.9 Å². The Morgan fingerprint density at radius 1 is 1.00 bits per heavy atom. The fourth-order valence-electron chi connectivity index (χ4n) is 3.12. The molecule has 0 radical (unpaired) electrons. The van der Waals surface area contributed by atoms with Crippen LogP contribution in [0.15, 0.2) is 0 Å². The maximum absolute atomic E-state index is 7.62. The predicted octanol–water partition coefficient (Wildman–Crippen LogP) is 3.03. The third kappa shape index (κ3) is 1.94. The van der Waals surface area contributed by atoms with Gasteiger partial charge in [0.2, 0.25) is 0 Å². The van der Waals surface area contributed by atoms with Crippen molar-refractivity contribution in [1.82, 2.24) is 4.90 Å². The summed E-state index contributed by atoms with van der Waals surface area (Å²) in [5.74, 6) is 0.760. The first kappa shape index (κ1) is 10.0. The van der Waals surface area contributed by atoms with Crippen molar-refractivity contribution in [3.8, 4) is 0 Å². The van der Waals surface area contributed by atoms with Gasteiger partial charge < -0.3 is 4.90 Å². The smallest absolute Gasteiger partial charge is 0.0925 e. The Hall–Kier alpha value is -0.530. The SMILES string of the molecule is CC(=N)N1CCC2(CCCCC2)CC1. The summed E-state index contributed by atoms with van der Waals surface area (Å²) in [6.45, 7) is 4.18. The Kier molecular flexibility index (Phi) is 2.80. The molecule has 1 spiro atoms. The molecule has 1 aliphatic heterocycles. The molecule has 0 aromatic rings. The van der Waals surface area contributed by atoms with Crippen LogP contribution >= 0.6 is 0 Å². The van der Waals surface area contributed by atoms with Crippen LogP contribution in [0.25, 0.3) is 0 Å². The van der Waals surface area contributed by atoms with E-state index in [2.05, 4.69) is 4.90 Å². The molecule has 2 fully saturated rings. The van der Waals surface area contributed by atoms with E-state index in [0.717, 1.165) is 18.9 Å². The third-order valence-corrected chi connectivity index (χ3v) is 4.21. The van der Waals surface area contributed by atoms with Crippen molar-refractivity contribution in [2.75, 3.05) is 13.1 Å². The highest BCUT2D eigenvalue weighted by atomic mass is 15.2. The van der Waals surface area contributed by atoms with Crippen molar-refractivity contribution >= 4 is 5.84 Å². The number of likely N-dealkylation sites (tertiary alicyclic amines) is 1. The summed E-state index contributed by atoms with van der Waals surface area (Å²) in [5.41, 5.74) is 0.685. The van der Waals surface area contributed by atoms with E-state index in [0.29, 0.717) is 5.41 Å². The standard InChI is InChI=1S/C12H22N2/c1-11(13)14-9-7-12(8-10-14)5-3-2-4-6-12/h13H,2-10H2,1H3. The lowest BCUT2D eigenvalue weighted by atomic mass is 9.68. The molecule has 2 aliphatic rings. The molecule has 1 N–H and O–H groups in total. The number of hydrogen-bond acceptors (Lipinski definition) is 1. The normalized spacial score (nSPS) is 26.5. The van der Waals surface area contributed by atoms with E-state index in [4.69, 9.17) is 5.41 Å². The van der Waals surface area contributed by atoms with Crippen LogP contribution in [0.5, 0.6) is 0 Å². The average Bonchev–Trinajstić information content (AvgIpc) is 2.19. The van der Waals surface area contributed by atoms with Gasteiger partial charge in [0, 0.05) is 13.1 Å². The molecule has 0 atom stereocenters. The molecule has 2 heteroatoms. The van der Waals surface area contributed by atoms with Crippen LogP contribution in [0.2, 0.25) is 0 Å². The minimum absolute atomic E-state index is 0.685. The first-order valence-corrected chi connectivity index (χ1v) is 6.02. The summed E-state index contributed by atoms with van der Waals surface area (Å²) in [6, 6.07) is 0. The molecule has 2 nitrogen and oxygen atoms in total. The highest BCUT2D eigenvalue weighted by Gasteiger charge is 2.35. The molecule has 1 saturated heterocycles. The zero-order chi connectivity index (χ0) is 10.0. The lowest BCUT2D eigenvalue weighted by molar-refractivity contribution is 0.0973. The van der Waals surface area contributed by atoms with Gasteiger partial charge in [0.25, 0.3) is 0 Å². The van der Waals surface area contributed by atoms with Gasteiger partial charge in [-0.3, -0.25) is 5.41 Å². The van der Waals surface area contributed by atoms with E-state index >= 15 is 0 Å². The zero-order valence-corrected chi connectivity index (χ0v) is 9.31. The Morgan fingerprint density at radius 2 is 1.57 bits per heavy atom. The first-order valence-electron chi connectivity index (χ1n) is 6.02. The van der Waals surface area contributed by atoms with E-state index in [1.54, 1.807) is 0 Å². The molecule has 0 amide bonds. The van der Waals surface area contributed by atoms with Crippen LogP contribution in [-0.2, 0) is 0 Å². The van der Waals surface area contributed by atoms with Crippen LogP contribution in [0.4, 0.5) is 0 Å². The number of piperidine rings is 1. The number of amidine groups is 1. The first-order chi connectivity index (χ1) is 6.72. The minimum atomic E-state index is 0.685. The molecule has 1 saturated carbocycles. The molecule has 14 heavy (non-hydrogen) atoms. The lowest BCUT2D eigenvalue weighted by Crippen LogP contribution is -2.42. The largest absolute Gasteiger partial charge is 0.361 e. The quantitative estimate of drug-likeness (QED) is 0.466. The lowest BCUT2D eigenvalue weighted by Gasteiger charge is -2.44. The summed E-state index contributed by atoms with van der Waals surface area (Å²) in [6.07, 6.45) is 9.93. The molecular weight excluding hydrogens is 172 g/mol. The van der Waals surface area contributed by atoms with Gasteiger partial charge in [0.1, 0.15) is 0 Å². The van der Waals surface area contributed by atoms with Crippen LogP contribution < -0.4 is 0 Å². The zero-order valence-electron chi connectivity index (χ0n) is 9.31. The van der Waals surface area contributed by atoms with Gasteiger partial charge in [-0.1, -0.05) is 19.3 Å². The van der Waals surface area contributed by atoms with Crippen LogP contribution in [-0.4, -0.2) is 23.8 Å². The molecule has 0 bridgehead atoms. The number of rotatable bonds is 0. The van der Waals surface area contributed by atoms with E-state index in [9.17, 15) is 0 Å². The number of nitrogens with zero attached hydrogens (tertiary/aromatic N) is 1. The summed E-state index contributed by atoms with van der Waals surface area (Å²) >= 11 is 0. The maximum atomic E-state index is 7.62. The van der Waals surface area contributed by atoms with Gasteiger partial charge >= 0.3 is 0 Å². The van der Waals surface area contributed by atoms with Crippen LogP contribution in [0.3, 0.4) is 0 Å². The molecule has 80 valence electrons. The van der Waals surface area contributed by atoms with Crippen molar-refractivity contribution < 1.29 is 0 Å². The summed E-state index contributed by atoms with van der Waals surface area (Å²) in [4.78, 5) is 2.24. The predicted molar refractivity (Wildman–Crippen MR) is 59.7 cm³/mol. The summed E-state index contributed by atoms with van der Waals surface area (Å²) < 4.78 is 0. The Balaban J connectivity index is 1.90. The summed E-state index contributed by atoms with van der Waals surface area (Å²) in [7, 11) is 0. The molecular formula is C12H22N2. The van der Waals surface area contributed by atoms with E-state index < -0.39 is 0 Å². The Bertz CT molecular complexity index is 206. The minimum Gasteiger partial charge on any atom is -0.361 e. The van der Waals surface area contributed by atoms with Gasteiger partial charge in [0.05, 0.1) is 5.84 Å². The second-order valence-corrected chi connectivity index (χ2v) is 5.13. The monoisotopic (exact) mass is 194 g/mol. The molecule has 0 aromatic heterocycles. The molecule has 1 heterocycles. The molecule has 0 unspecified atom stereocenters. The third-order valence-electron chi connectivity index (χ3n) is 4.21. The second kappa shape index (κ2) is 3.92. The highest BCUT2D eigenvalue weighted by molar-refractivity contribution is 5.76. The van der Waals surface area contributed by atoms with Crippen molar-refractivity contribution in [3.63, 3.8) is 0 Å². The molecule has 2 rings (SSSR count). The average molecular weight is 194 g/mol. The fraction of sp³-hybridized carbons (Fsp3) is 0.917. The Labute approximate surface area is 87.2 Å². The van der Waals surface area contributed by atoms with E-state index in [1.807, 2.05) is 6.92 Å². The second-order valence-electron chi connectivity index (χ2n) is 5.13. The maximum Gasteiger partial charge on any atom is 0.0925 e. The van der Waals surface area contributed by atoms with Gasteiger partial charge in [-0.25, -0.2) is 0 Å². The van der Waals surface area contributed by atoms with Crippen molar-refractivity contribution in [2.45, 2.75) is 51.9 Å².